The highest BCUT2D eigenvalue weighted by Gasteiger charge is 2.13. The Kier molecular flexibility index (Phi) is 18.2. The fourth-order valence-corrected chi connectivity index (χ4v) is 4.07. The van der Waals surface area contributed by atoms with Gasteiger partial charge in [0, 0.05) is 6.54 Å². The Morgan fingerprint density at radius 1 is 0.722 bits per heavy atom. The van der Waals surface area contributed by atoms with E-state index in [0.717, 1.165) is 26.0 Å². The van der Waals surface area contributed by atoms with Crippen molar-refractivity contribution in [3.05, 3.63) is 71.8 Å². The summed E-state index contributed by atoms with van der Waals surface area (Å²) in [6.07, 6.45) is 11.7. The number of benzene rings is 2. The van der Waals surface area contributed by atoms with Crippen molar-refractivity contribution in [2.45, 2.75) is 77.2 Å². The topological polar surface area (TPSA) is 78.9 Å². The number of hydrogen-bond acceptors (Lipinski definition) is 6. The number of hydrogen-bond donors (Lipinski definition) is 0. The van der Waals surface area contributed by atoms with E-state index in [4.69, 9.17) is 4.74 Å². The van der Waals surface area contributed by atoms with Crippen LogP contribution in [0.4, 0.5) is 0 Å². The lowest BCUT2D eigenvalue weighted by Gasteiger charge is -2.20. The average Bonchev–Trinajstić information content (AvgIpc) is 2.86. The average molecular weight is 521 g/mol. The summed E-state index contributed by atoms with van der Waals surface area (Å²) >= 11 is 0. The van der Waals surface area contributed by atoms with E-state index in [0.29, 0.717) is 6.42 Å². The molecule has 6 nitrogen and oxygen atoms in total. The van der Waals surface area contributed by atoms with Crippen molar-refractivity contribution < 1.29 is 21.9 Å². The lowest BCUT2D eigenvalue weighted by atomic mass is 10.0. The van der Waals surface area contributed by atoms with Gasteiger partial charge < -0.3 is 14.2 Å². The molecule has 0 aliphatic carbocycles. The molecule has 0 fully saturated rings. The third-order valence-corrected chi connectivity index (χ3v) is 6.21. The van der Waals surface area contributed by atoms with Crippen LogP contribution in [-0.2, 0) is 19.3 Å². The Balaban J connectivity index is 0.000000363. The van der Waals surface area contributed by atoms with Crippen LogP contribution in [0.25, 0.3) is 0 Å². The molecule has 0 heterocycles. The monoisotopic (exact) mass is 520 g/mol. The summed E-state index contributed by atoms with van der Waals surface area (Å²) in [5.41, 5.74) is 2.40. The zero-order chi connectivity index (χ0) is 26.5. The molecular formula is C29H46NO5S-. The zero-order valence-corrected chi connectivity index (χ0v) is 23.3. The van der Waals surface area contributed by atoms with Crippen molar-refractivity contribution in [3.63, 3.8) is 0 Å². The van der Waals surface area contributed by atoms with Crippen LogP contribution in [0.3, 0.4) is 0 Å². The van der Waals surface area contributed by atoms with E-state index >= 15 is 0 Å². The summed E-state index contributed by atoms with van der Waals surface area (Å²) in [4.78, 5) is 2.13. The summed E-state index contributed by atoms with van der Waals surface area (Å²) in [6.45, 7) is 3.89. The van der Waals surface area contributed by atoms with Crippen LogP contribution < -0.4 is 0 Å². The van der Waals surface area contributed by atoms with Crippen LogP contribution >= 0.6 is 0 Å². The molecule has 2 aromatic rings. The van der Waals surface area contributed by atoms with E-state index < -0.39 is 10.4 Å². The van der Waals surface area contributed by atoms with Gasteiger partial charge in [0.15, 0.2) is 0 Å². The molecule has 0 aliphatic rings. The second kappa shape index (κ2) is 20.3. The van der Waals surface area contributed by atoms with Gasteiger partial charge in [-0.15, -0.1) is 0 Å². The fraction of sp³-hybridized carbons (Fsp3) is 0.586. The highest BCUT2D eigenvalue weighted by molar-refractivity contribution is 7.80. The van der Waals surface area contributed by atoms with Crippen molar-refractivity contribution in [3.8, 4) is 0 Å². The predicted molar refractivity (Wildman–Crippen MR) is 147 cm³/mol. The molecule has 0 saturated carbocycles. The molecular weight excluding hydrogens is 474 g/mol. The smallest absolute Gasteiger partial charge is 0.217 e. The van der Waals surface area contributed by atoms with E-state index in [9.17, 15) is 13.0 Å². The van der Waals surface area contributed by atoms with Crippen molar-refractivity contribution in [2.75, 3.05) is 33.9 Å². The normalized spacial score (nSPS) is 11.5. The number of likely N-dealkylation sites (N-methyl/N-ethyl adjacent to an activating group) is 1. The second-order valence-corrected chi connectivity index (χ2v) is 10.3. The van der Waals surface area contributed by atoms with Crippen LogP contribution in [-0.4, -0.2) is 51.7 Å². The molecule has 0 saturated heterocycles. The van der Waals surface area contributed by atoms with Gasteiger partial charge >= 0.3 is 0 Å². The number of nitrogens with zero attached hydrogens (tertiary/aromatic N) is 1. The lowest BCUT2D eigenvalue weighted by molar-refractivity contribution is 0.0687. The third kappa shape index (κ3) is 17.6. The van der Waals surface area contributed by atoms with Gasteiger partial charge in [0.1, 0.15) is 6.10 Å². The Morgan fingerprint density at radius 3 is 1.58 bits per heavy atom. The molecule has 0 aromatic heterocycles. The van der Waals surface area contributed by atoms with Gasteiger partial charge in [0.2, 0.25) is 10.4 Å². The van der Waals surface area contributed by atoms with Crippen molar-refractivity contribution in [1.29, 1.82) is 0 Å². The van der Waals surface area contributed by atoms with E-state index in [1.165, 1.54) is 56.1 Å². The molecule has 36 heavy (non-hydrogen) atoms. The number of unbranched alkanes of at least 4 members (excludes halogenated alkanes) is 9. The number of ether oxygens (including phenoxy) is 1. The second-order valence-electron chi connectivity index (χ2n) is 9.29. The van der Waals surface area contributed by atoms with Gasteiger partial charge in [-0.25, -0.2) is 8.42 Å². The lowest BCUT2D eigenvalue weighted by Crippen LogP contribution is -2.20. The zero-order valence-electron chi connectivity index (χ0n) is 22.4. The first-order chi connectivity index (χ1) is 17.3. The maximum atomic E-state index is 10.1. The van der Waals surface area contributed by atoms with Gasteiger partial charge in [0.25, 0.3) is 0 Å². The summed E-state index contributed by atoms with van der Waals surface area (Å²) in [6, 6.07) is 20.8. The molecule has 0 unspecified atom stereocenters. The highest BCUT2D eigenvalue weighted by atomic mass is 32.3. The molecule has 2 rings (SSSR count). The Morgan fingerprint density at radius 2 is 1.17 bits per heavy atom. The minimum absolute atomic E-state index is 0.0161. The van der Waals surface area contributed by atoms with Crippen LogP contribution in [0.15, 0.2) is 60.7 Å². The quantitative estimate of drug-likeness (QED) is 0.123. The molecule has 0 radical (unpaired) electrons. The predicted octanol–water partition coefficient (Wildman–Crippen LogP) is 6.74. The van der Waals surface area contributed by atoms with E-state index in [2.05, 4.69) is 78.6 Å². The third-order valence-electron chi connectivity index (χ3n) is 5.75. The van der Waals surface area contributed by atoms with Gasteiger partial charge in [0.05, 0.1) is 13.2 Å². The largest absolute Gasteiger partial charge is 0.726 e. The summed E-state index contributed by atoms with van der Waals surface area (Å²) in [5, 5.41) is 0. The molecule has 7 heteroatoms. The highest BCUT2D eigenvalue weighted by Crippen LogP contribution is 2.25. The van der Waals surface area contributed by atoms with Crippen molar-refractivity contribution >= 4 is 10.4 Å². The maximum Gasteiger partial charge on any atom is 0.217 e. The first kappa shape index (κ1) is 32.3. The van der Waals surface area contributed by atoms with Crippen molar-refractivity contribution in [2.24, 2.45) is 0 Å². The minimum atomic E-state index is -4.48. The van der Waals surface area contributed by atoms with Crippen LogP contribution in [0.1, 0.15) is 88.4 Å². The Bertz CT molecular complexity index is 820. The summed E-state index contributed by atoms with van der Waals surface area (Å²) in [7, 11) is -0.367. The molecule has 0 N–H and O–H groups in total. The molecule has 0 spiro atoms. The molecule has 0 aliphatic heterocycles. The molecule has 0 atom stereocenters. The van der Waals surface area contributed by atoms with Gasteiger partial charge in [-0.05, 0) is 31.6 Å². The van der Waals surface area contributed by atoms with E-state index in [1.54, 1.807) is 0 Å². The summed E-state index contributed by atoms with van der Waals surface area (Å²) < 4.78 is 40.5. The first-order valence-electron chi connectivity index (χ1n) is 13.3. The SMILES string of the molecule is CCCCCCCCCCCCOS(=O)(=O)[O-].CN(C)CCOC(c1ccccc1)c1ccccc1. The summed E-state index contributed by atoms with van der Waals surface area (Å²) in [5.74, 6) is 0. The van der Waals surface area contributed by atoms with Crippen LogP contribution in [0.5, 0.6) is 0 Å². The maximum absolute atomic E-state index is 10.1. The van der Waals surface area contributed by atoms with E-state index in [-0.39, 0.29) is 12.7 Å². The molecule has 0 amide bonds. The number of rotatable bonds is 18. The van der Waals surface area contributed by atoms with Gasteiger partial charge in [-0.1, -0.05) is 125 Å². The molecule has 0 bridgehead atoms. The minimum Gasteiger partial charge on any atom is -0.726 e. The van der Waals surface area contributed by atoms with Crippen LogP contribution in [0.2, 0.25) is 0 Å². The Labute approximate surface area is 220 Å². The first-order valence-corrected chi connectivity index (χ1v) is 14.6. The standard InChI is InChI=1S/C17H21NO.C12H26O4S/c1-18(2)13-14-19-17(15-9-5-3-6-10-15)16-11-7-4-8-12-16;1-2-3-4-5-6-7-8-9-10-11-12-16-17(13,14)15/h3-12,17H,13-14H2,1-2H3;2-12H2,1H3,(H,13,14,15)/p-1. The molecule has 204 valence electrons. The fourth-order valence-electron chi connectivity index (χ4n) is 3.74. The Hall–Kier alpha value is -1.77. The van der Waals surface area contributed by atoms with Gasteiger partial charge in [-0.2, -0.15) is 0 Å². The van der Waals surface area contributed by atoms with Crippen molar-refractivity contribution in [1.82, 2.24) is 4.90 Å². The van der Waals surface area contributed by atoms with Gasteiger partial charge in [-0.3, -0.25) is 4.18 Å². The molecule has 2 aromatic carbocycles. The van der Waals surface area contributed by atoms with E-state index in [1.807, 2.05) is 12.1 Å². The van der Waals surface area contributed by atoms with Crippen LogP contribution in [0, 0.1) is 0 Å².